The van der Waals surface area contributed by atoms with Crippen LogP contribution in [0.3, 0.4) is 0 Å². The van der Waals surface area contributed by atoms with Gasteiger partial charge >= 0.3 is 0 Å². The summed E-state index contributed by atoms with van der Waals surface area (Å²) >= 11 is 0. The smallest absolute Gasteiger partial charge is 0.189 e. The summed E-state index contributed by atoms with van der Waals surface area (Å²) in [6.45, 7) is 11.8. The van der Waals surface area contributed by atoms with Crippen LogP contribution >= 0.6 is 0 Å². The number of hydrogen-bond donors (Lipinski definition) is 0. The number of aryl methyl sites for hydroxylation is 1. The quantitative estimate of drug-likeness (QED) is 0.363. The van der Waals surface area contributed by atoms with Gasteiger partial charge in [-0.25, -0.2) is 0 Å². The van der Waals surface area contributed by atoms with E-state index >= 15 is 0 Å². The second-order valence-electron chi connectivity index (χ2n) is 7.83. The lowest BCUT2D eigenvalue weighted by Gasteiger charge is -2.13. The lowest BCUT2D eigenvalue weighted by Crippen LogP contribution is -2.08. The third kappa shape index (κ3) is 6.56. The van der Waals surface area contributed by atoms with E-state index < -0.39 is 0 Å². The summed E-state index contributed by atoms with van der Waals surface area (Å²) in [4.78, 5) is 12.8. The van der Waals surface area contributed by atoms with Gasteiger partial charge in [-0.2, -0.15) is 0 Å². The maximum Gasteiger partial charge on any atom is 0.189 e. The van der Waals surface area contributed by atoms with E-state index in [9.17, 15) is 4.79 Å². The number of ether oxygens (including phenoxy) is 2. The van der Waals surface area contributed by atoms with Crippen molar-refractivity contribution in [2.45, 2.75) is 41.0 Å². The summed E-state index contributed by atoms with van der Waals surface area (Å²) < 4.78 is 11.8. The predicted molar refractivity (Wildman–Crippen MR) is 116 cm³/mol. The number of benzene rings is 2. The maximum atomic E-state index is 12.8. The normalized spacial score (nSPS) is 11.4. The average molecular weight is 381 g/mol. The molecule has 0 saturated heterocycles. The topological polar surface area (TPSA) is 35.5 Å². The van der Waals surface area contributed by atoms with Gasteiger partial charge in [0.15, 0.2) is 5.78 Å². The van der Waals surface area contributed by atoms with Gasteiger partial charge in [0.1, 0.15) is 11.5 Å². The van der Waals surface area contributed by atoms with Gasteiger partial charge in [0.2, 0.25) is 0 Å². The van der Waals surface area contributed by atoms with Crippen molar-refractivity contribution in [3.05, 3.63) is 65.2 Å². The minimum absolute atomic E-state index is 0.0731. The average Bonchev–Trinajstić information content (AvgIpc) is 2.69. The van der Waals surface area contributed by atoms with Gasteiger partial charge in [0.25, 0.3) is 0 Å². The minimum atomic E-state index is -0.0731. The lowest BCUT2D eigenvalue weighted by molar-refractivity contribution is 0.104. The Morgan fingerprint density at radius 2 is 1.57 bits per heavy atom. The van der Waals surface area contributed by atoms with Gasteiger partial charge in [0.05, 0.1) is 18.8 Å². The second kappa shape index (κ2) is 10.7. The standard InChI is InChI=1S/C25H32O3/c1-6-20-11-14-24(27-16-18(2)3)21(15-20)12-13-23(26)22-9-7-8-10-25(22)28-17-19(4)5/h7-15,18-19H,6,16-17H2,1-5H3. The fraction of sp³-hybridized carbons (Fsp3) is 0.400. The second-order valence-corrected chi connectivity index (χ2v) is 7.83. The highest BCUT2D eigenvalue weighted by Crippen LogP contribution is 2.24. The Kier molecular flexibility index (Phi) is 8.31. The maximum absolute atomic E-state index is 12.8. The van der Waals surface area contributed by atoms with Crippen LogP contribution in [0.4, 0.5) is 0 Å². The molecule has 2 rings (SSSR count). The molecule has 0 bridgehead atoms. The molecule has 3 heteroatoms. The van der Waals surface area contributed by atoms with Crippen LogP contribution in [-0.2, 0) is 6.42 Å². The zero-order chi connectivity index (χ0) is 20.5. The molecule has 2 aromatic rings. The molecular formula is C25H32O3. The van der Waals surface area contributed by atoms with Gasteiger partial charge in [-0.1, -0.05) is 52.8 Å². The third-order valence-corrected chi connectivity index (χ3v) is 4.19. The van der Waals surface area contributed by atoms with Gasteiger partial charge in [0, 0.05) is 5.56 Å². The van der Waals surface area contributed by atoms with Crippen molar-refractivity contribution in [3.63, 3.8) is 0 Å². The summed E-state index contributed by atoms with van der Waals surface area (Å²) in [5, 5.41) is 0. The van der Waals surface area contributed by atoms with E-state index in [0.717, 1.165) is 17.7 Å². The molecule has 0 N–H and O–H groups in total. The van der Waals surface area contributed by atoms with Crippen LogP contribution in [0, 0.1) is 11.8 Å². The van der Waals surface area contributed by atoms with Crippen LogP contribution in [0.15, 0.2) is 48.5 Å². The fourth-order valence-electron chi connectivity index (χ4n) is 2.64. The minimum Gasteiger partial charge on any atom is -0.493 e. The first-order chi connectivity index (χ1) is 13.4. The van der Waals surface area contributed by atoms with E-state index in [1.54, 1.807) is 12.1 Å². The molecule has 0 saturated carbocycles. The Morgan fingerprint density at radius 1 is 0.929 bits per heavy atom. The highest BCUT2D eigenvalue weighted by atomic mass is 16.5. The monoisotopic (exact) mass is 380 g/mol. The molecule has 0 aliphatic heterocycles. The highest BCUT2D eigenvalue weighted by Gasteiger charge is 2.11. The predicted octanol–water partition coefficient (Wildman–Crippen LogP) is 6.21. The van der Waals surface area contributed by atoms with E-state index in [2.05, 4.69) is 46.8 Å². The summed E-state index contributed by atoms with van der Waals surface area (Å²) in [7, 11) is 0. The molecule has 0 spiro atoms. The number of ketones is 1. The van der Waals surface area contributed by atoms with Gasteiger partial charge in [-0.3, -0.25) is 4.79 Å². The van der Waals surface area contributed by atoms with E-state index in [0.29, 0.717) is 36.4 Å². The number of hydrogen-bond acceptors (Lipinski definition) is 3. The van der Waals surface area contributed by atoms with E-state index in [-0.39, 0.29) is 5.78 Å². The van der Waals surface area contributed by atoms with E-state index in [1.165, 1.54) is 5.56 Å². The van der Waals surface area contributed by atoms with Crippen LogP contribution in [-0.4, -0.2) is 19.0 Å². The van der Waals surface area contributed by atoms with Crippen molar-refractivity contribution in [1.82, 2.24) is 0 Å². The molecule has 0 aromatic heterocycles. The van der Waals surface area contributed by atoms with Crippen molar-refractivity contribution < 1.29 is 14.3 Å². The molecule has 0 radical (unpaired) electrons. The summed E-state index contributed by atoms with van der Waals surface area (Å²) in [6, 6.07) is 13.5. The Hall–Kier alpha value is -2.55. The summed E-state index contributed by atoms with van der Waals surface area (Å²) in [6.07, 6.45) is 4.38. The first kappa shape index (κ1) is 21.7. The molecule has 0 aliphatic carbocycles. The molecule has 0 atom stereocenters. The van der Waals surface area contributed by atoms with Gasteiger partial charge in [-0.05, 0) is 60.2 Å². The number of carbonyl (C=O) groups excluding carboxylic acids is 1. The number of para-hydroxylation sites is 1. The first-order valence-electron chi connectivity index (χ1n) is 10.1. The van der Waals surface area contributed by atoms with Crippen molar-refractivity contribution in [2.24, 2.45) is 11.8 Å². The van der Waals surface area contributed by atoms with Crippen LogP contribution in [0.5, 0.6) is 11.5 Å². The zero-order valence-corrected chi connectivity index (χ0v) is 17.7. The number of carbonyl (C=O) groups is 1. The lowest BCUT2D eigenvalue weighted by atomic mass is 10.0. The van der Waals surface area contributed by atoms with Crippen molar-refractivity contribution in [2.75, 3.05) is 13.2 Å². The molecule has 2 aromatic carbocycles. The number of allylic oxidation sites excluding steroid dienone is 1. The number of rotatable bonds is 10. The van der Waals surface area contributed by atoms with Crippen molar-refractivity contribution in [3.8, 4) is 11.5 Å². The SMILES string of the molecule is CCc1ccc(OCC(C)C)c(C=CC(=O)c2ccccc2OCC(C)C)c1. The van der Waals surface area contributed by atoms with Crippen LogP contribution in [0.2, 0.25) is 0 Å². The van der Waals surface area contributed by atoms with Crippen LogP contribution in [0.25, 0.3) is 6.08 Å². The fourth-order valence-corrected chi connectivity index (χ4v) is 2.64. The highest BCUT2D eigenvalue weighted by molar-refractivity contribution is 6.08. The molecule has 0 aliphatic rings. The molecule has 3 nitrogen and oxygen atoms in total. The van der Waals surface area contributed by atoms with Crippen LogP contribution in [0.1, 0.15) is 56.1 Å². The molecule has 0 amide bonds. The third-order valence-electron chi connectivity index (χ3n) is 4.19. The Labute approximate surface area is 169 Å². The Bertz CT molecular complexity index is 803. The Morgan fingerprint density at radius 3 is 2.21 bits per heavy atom. The van der Waals surface area contributed by atoms with E-state index in [1.807, 2.05) is 30.3 Å². The summed E-state index contributed by atoms with van der Waals surface area (Å²) in [5.74, 6) is 2.20. The van der Waals surface area contributed by atoms with Gasteiger partial charge < -0.3 is 9.47 Å². The molecule has 0 fully saturated rings. The van der Waals surface area contributed by atoms with Crippen molar-refractivity contribution >= 4 is 11.9 Å². The zero-order valence-electron chi connectivity index (χ0n) is 17.7. The molecule has 0 unspecified atom stereocenters. The van der Waals surface area contributed by atoms with Crippen molar-refractivity contribution in [1.29, 1.82) is 0 Å². The van der Waals surface area contributed by atoms with Gasteiger partial charge in [-0.15, -0.1) is 0 Å². The largest absolute Gasteiger partial charge is 0.493 e. The first-order valence-corrected chi connectivity index (χ1v) is 10.1. The molecular weight excluding hydrogens is 348 g/mol. The Balaban J connectivity index is 2.24. The molecule has 0 heterocycles. The summed E-state index contributed by atoms with van der Waals surface area (Å²) in [5.41, 5.74) is 2.72. The molecule has 150 valence electrons. The van der Waals surface area contributed by atoms with Crippen LogP contribution < -0.4 is 9.47 Å². The molecule has 28 heavy (non-hydrogen) atoms. The van der Waals surface area contributed by atoms with E-state index in [4.69, 9.17) is 9.47 Å².